The van der Waals surface area contributed by atoms with Crippen molar-refractivity contribution in [1.82, 2.24) is 9.21 Å². The molecule has 140 valence electrons. The standard InChI is InChI=1S/C20H26N2O3S/c1-4-22(5-2)26(24,25)19-13-11-18(12-14-19)20(23)16-21(3)15-17-9-7-6-8-10-17/h6-14H,4-5,15-16H2,1-3H3. The van der Waals surface area contributed by atoms with Gasteiger partial charge in [-0.1, -0.05) is 56.3 Å². The highest BCUT2D eigenvalue weighted by atomic mass is 32.2. The zero-order valence-corrected chi connectivity index (χ0v) is 16.4. The molecule has 0 aliphatic rings. The van der Waals surface area contributed by atoms with Gasteiger partial charge in [-0.3, -0.25) is 9.69 Å². The molecule has 0 radical (unpaired) electrons. The zero-order valence-electron chi connectivity index (χ0n) is 15.6. The van der Waals surface area contributed by atoms with E-state index >= 15 is 0 Å². The van der Waals surface area contributed by atoms with Crippen LogP contribution in [0, 0.1) is 0 Å². The van der Waals surface area contributed by atoms with Crippen LogP contribution < -0.4 is 0 Å². The quantitative estimate of drug-likeness (QED) is 0.633. The summed E-state index contributed by atoms with van der Waals surface area (Å²) in [6, 6.07) is 16.2. The molecular formula is C20H26N2O3S. The first kappa shape index (κ1) is 20.3. The second-order valence-corrected chi connectivity index (χ2v) is 8.13. The average molecular weight is 375 g/mol. The van der Waals surface area contributed by atoms with Gasteiger partial charge in [0, 0.05) is 25.2 Å². The molecule has 5 nitrogen and oxygen atoms in total. The van der Waals surface area contributed by atoms with E-state index in [1.165, 1.54) is 16.4 Å². The van der Waals surface area contributed by atoms with Crippen LogP contribution in [0.4, 0.5) is 0 Å². The van der Waals surface area contributed by atoms with Gasteiger partial charge in [0.1, 0.15) is 0 Å². The van der Waals surface area contributed by atoms with Crippen LogP contribution in [0.15, 0.2) is 59.5 Å². The van der Waals surface area contributed by atoms with Crippen LogP contribution in [0.25, 0.3) is 0 Å². The Labute approximate surface area is 156 Å². The molecule has 0 saturated heterocycles. The monoisotopic (exact) mass is 374 g/mol. The van der Waals surface area contributed by atoms with Crippen molar-refractivity contribution >= 4 is 15.8 Å². The molecule has 0 aromatic heterocycles. The predicted molar refractivity (Wildman–Crippen MR) is 104 cm³/mol. The fourth-order valence-corrected chi connectivity index (χ4v) is 4.27. The summed E-state index contributed by atoms with van der Waals surface area (Å²) < 4.78 is 26.4. The number of benzene rings is 2. The number of nitrogens with zero attached hydrogens (tertiary/aromatic N) is 2. The summed E-state index contributed by atoms with van der Waals surface area (Å²) in [4.78, 5) is 14.6. The Balaban J connectivity index is 2.04. The summed E-state index contributed by atoms with van der Waals surface area (Å²) in [6.45, 7) is 5.41. The van der Waals surface area contributed by atoms with Gasteiger partial charge < -0.3 is 0 Å². The first-order valence-electron chi connectivity index (χ1n) is 8.74. The van der Waals surface area contributed by atoms with Gasteiger partial charge in [-0.05, 0) is 24.7 Å². The highest BCUT2D eigenvalue weighted by Gasteiger charge is 2.21. The summed E-state index contributed by atoms with van der Waals surface area (Å²) in [6.07, 6.45) is 0. The van der Waals surface area contributed by atoms with E-state index in [1.807, 2.05) is 56.1 Å². The van der Waals surface area contributed by atoms with Crippen LogP contribution >= 0.6 is 0 Å². The highest BCUT2D eigenvalue weighted by Crippen LogP contribution is 2.16. The summed E-state index contributed by atoms with van der Waals surface area (Å²) in [7, 11) is -1.60. The molecule has 0 bridgehead atoms. The normalized spacial score (nSPS) is 11.9. The third-order valence-electron chi connectivity index (χ3n) is 4.23. The van der Waals surface area contributed by atoms with Gasteiger partial charge in [-0.15, -0.1) is 0 Å². The molecule has 0 aliphatic carbocycles. The van der Waals surface area contributed by atoms with Gasteiger partial charge in [0.2, 0.25) is 10.0 Å². The van der Waals surface area contributed by atoms with E-state index < -0.39 is 10.0 Å². The molecule has 0 fully saturated rings. The maximum absolute atomic E-state index is 12.5. The largest absolute Gasteiger partial charge is 0.295 e. The topological polar surface area (TPSA) is 57.7 Å². The molecule has 2 aromatic carbocycles. The van der Waals surface area contributed by atoms with Crippen molar-refractivity contribution in [2.24, 2.45) is 0 Å². The molecule has 0 amide bonds. The van der Waals surface area contributed by atoms with Crippen molar-refractivity contribution < 1.29 is 13.2 Å². The predicted octanol–water partition coefficient (Wildman–Crippen LogP) is 3.03. The molecule has 0 spiro atoms. The molecule has 2 rings (SSSR count). The molecule has 0 saturated carbocycles. The van der Waals surface area contributed by atoms with Crippen LogP contribution in [0.2, 0.25) is 0 Å². The van der Waals surface area contributed by atoms with Crippen LogP contribution in [0.3, 0.4) is 0 Å². The van der Waals surface area contributed by atoms with E-state index in [9.17, 15) is 13.2 Å². The maximum atomic E-state index is 12.5. The Morgan fingerprint density at radius 3 is 2.04 bits per heavy atom. The third kappa shape index (κ3) is 5.00. The lowest BCUT2D eigenvalue weighted by atomic mass is 10.1. The minimum atomic E-state index is -3.50. The number of ketones is 1. The van der Waals surface area contributed by atoms with Crippen LogP contribution in [-0.4, -0.2) is 50.1 Å². The second-order valence-electron chi connectivity index (χ2n) is 6.19. The number of likely N-dealkylation sites (N-methyl/N-ethyl adjacent to an activating group) is 1. The maximum Gasteiger partial charge on any atom is 0.243 e. The van der Waals surface area contributed by atoms with Crippen molar-refractivity contribution in [2.45, 2.75) is 25.3 Å². The SMILES string of the molecule is CCN(CC)S(=O)(=O)c1ccc(C(=O)CN(C)Cc2ccccc2)cc1. The summed E-state index contributed by atoms with van der Waals surface area (Å²) in [5.74, 6) is -0.0322. The van der Waals surface area contributed by atoms with Crippen LogP contribution in [0.1, 0.15) is 29.8 Å². The second kappa shape index (κ2) is 9.07. The summed E-state index contributed by atoms with van der Waals surface area (Å²) in [5.41, 5.74) is 1.66. The van der Waals surface area contributed by atoms with E-state index in [-0.39, 0.29) is 17.2 Å². The number of hydrogen-bond acceptors (Lipinski definition) is 4. The Morgan fingerprint density at radius 2 is 1.50 bits per heavy atom. The minimum Gasteiger partial charge on any atom is -0.295 e. The van der Waals surface area contributed by atoms with Gasteiger partial charge in [0.25, 0.3) is 0 Å². The van der Waals surface area contributed by atoms with Gasteiger partial charge in [0.15, 0.2) is 5.78 Å². The van der Waals surface area contributed by atoms with E-state index in [1.54, 1.807) is 12.1 Å². The highest BCUT2D eigenvalue weighted by molar-refractivity contribution is 7.89. The van der Waals surface area contributed by atoms with Gasteiger partial charge in [-0.25, -0.2) is 8.42 Å². The Kier molecular flexibility index (Phi) is 7.08. The molecule has 0 heterocycles. The molecule has 26 heavy (non-hydrogen) atoms. The lowest BCUT2D eigenvalue weighted by Crippen LogP contribution is -2.30. The first-order valence-corrected chi connectivity index (χ1v) is 10.2. The van der Waals surface area contributed by atoms with Crippen molar-refractivity contribution in [3.63, 3.8) is 0 Å². The molecule has 0 N–H and O–H groups in total. The molecule has 0 atom stereocenters. The fraction of sp³-hybridized carbons (Fsp3) is 0.350. The van der Waals surface area contributed by atoms with E-state index in [0.717, 1.165) is 5.56 Å². The summed E-state index contributed by atoms with van der Waals surface area (Å²) >= 11 is 0. The fourth-order valence-electron chi connectivity index (χ4n) is 2.81. The molecular weight excluding hydrogens is 348 g/mol. The lowest BCUT2D eigenvalue weighted by molar-refractivity contribution is 0.0943. The van der Waals surface area contributed by atoms with Crippen LogP contribution in [0.5, 0.6) is 0 Å². The van der Waals surface area contributed by atoms with Crippen molar-refractivity contribution in [3.8, 4) is 0 Å². The van der Waals surface area contributed by atoms with Crippen molar-refractivity contribution in [3.05, 3.63) is 65.7 Å². The van der Waals surface area contributed by atoms with Gasteiger partial charge >= 0.3 is 0 Å². The number of carbonyl (C=O) groups excluding carboxylic acids is 1. The molecule has 6 heteroatoms. The van der Waals surface area contributed by atoms with E-state index in [2.05, 4.69) is 0 Å². The van der Waals surface area contributed by atoms with E-state index in [0.29, 0.717) is 25.2 Å². The number of hydrogen-bond donors (Lipinski definition) is 0. The van der Waals surface area contributed by atoms with Gasteiger partial charge in [-0.2, -0.15) is 4.31 Å². The van der Waals surface area contributed by atoms with E-state index in [4.69, 9.17) is 0 Å². The number of rotatable bonds is 9. The molecule has 2 aromatic rings. The number of carbonyl (C=O) groups is 1. The van der Waals surface area contributed by atoms with Gasteiger partial charge in [0.05, 0.1) is 11.4 Å². The number of Topliss-reactive ketones (excluding diaryl/α,β-unsaturated/α-hetero) is 1. The van der Waals surface area contributed by atoms with Crippen molar-refractivity contribution in [1.29, 1.82) is 0 Å². The van der Waals surface area contributed by atoms with Crippen molar-refractivity contribution in [2.75, 3.05) is 26.7 Å². The minimum absolute atomic E-state index is 0.0322. The van der Waals surface area contributed by atoms with Crippen LogP contribution in [-0.2, 0) is 16.6 Å². The summed E-state index contributed by atoms with van der Waals surface area (Å²) in [5, 5.41) is 0. The average Bonchev–Trinajstić information content (AvgIpc) is 2.63. The first-order chi connectivity index (χ1) is 12.4. The third-order valence-corrected chi connectivity index (χ3v) is 6.29. The Morgan fingerprint density at radius 1 is 0.923 bits per heavy atom. The Bertz CT molecular complexity index is 814. The lowest BCUT2D eigenvalue weighted by Gasteiger charge is -2.19. The smallest absolute Gasteiger partial charge is 0.243 e. The molecule has 0 unspecified atom stereocenters. The number of sulfonamides is 1. The zero-order chi connectivity index (χ0) is 19.2. The Hall–Kier alpha value is -2.02. The molecule has 0 aliphatic heterocycles.